The van der Waals surface area contributed by atoms with E-state index in [-0.39, 0.29) is 12.4 Å². The smallest absolute Gasteiger partial charge is 0.415 e. The van der Waals surface area contributed by atoms with E-state index >= 15 is 0 Å². The molecule has 0 aliphatic carbocycles. The third kappa shape index (κ3) is 4.29. The maximum atomic E-state index is 11.4. The summed E-state index contributed by atoms with van der Waals surface area (Å²) in [5.41, 5.74) is 1.49. The molecule has 1 aliphatic heterocycles. The van der Waals surface area contributed by atoms with Gasteiger partial charge in [-0.3, -0.25) is 0 Å². The highest BCUT2D eigenvalue weighted by Gasteiger charge is 2.31. The molecule has 0 radical (unpaired) electrons. The first-order chi connectivity index (χ1) is 14.5. The van der Waals surface area contributed by atoms with Gasteiger partial charge in [0.2, 0.25) is 0 Å². The zero-order chi connectivity index (χ0) is 21.1. The molecule has 0 spiro atoms. The van der Waals surface area contributed by atoms with Gasteiger partial charge in [-0.05, 0) is 56.0 Å². The second-order valence-electron chi connectivity index (χ2n) is 6.89. The quantitative estimate of drug-likeness (QED) is 0.426. The van der Waals surface area contributed by atoms with Crippen molar-refractivity contribution in [1.29, 1.82) is 0 Å². The van der Waals surface area contributed by atoms with Gasteiger partial charge >= 0.3 is 12.1 Å². The molecule has 1 fully saturated rings. The number of phenolic OH excluding ortho intramolecular Hbond substituents is 1. The number of hydrogen-bond acceptors (Lipinski definition) is 8. The largest absolute Gasteiger partial charge is 0.504 e. The number of furan rings is 1. The summed E-state index contributed by atoms with van der Waals surface area (Å²) in [7, 11) is 0. The molecule has 4 rings (SSSR count). The highest BCUT2D eigenvalue weighted by molar-refractivity contribution is 5.95. The van der Waals surface area contributed by atoms with Crippen LogP contribution in [0.25, 0.3) is 11.7 Å². The average Bonchev–Trinajstić information content (AvgIpc) is 3.42. The second-order valence-corrected chi connectivity index (χ2v) is 6.89. The molecule has 156 valence electrons. The molecule has 0 saturated carbocycles. The number of aromatic hydroxyl groups is 1. The van der Waals surface area contributed by atoms with Gasteiger partial charge in [-0.15, -0.1) is 0 Å². The number of nitrogens with zero attached hydrogens (tertiary/aromatic N) is 1. The van der Waals surface area contributed by atoms with E-state index in [1.807, 2.05) is 6.07 Å². The average molecular weight is 412 g/mol. The van der Waals surface area contributed by atoms with E-state index in [4.69, 9.17) is 13.6 Å². The van der Waals surface area contributed by atoms with E-state index in [9.17, 15) is 14.7 Å². The first-order valence-electron chi connectivity index (χ1n) is 9.46. The van der Waals surface area contributed by atoms with Crippen LogP contribution < -0.4 is 10.1 Å². The van der Waals surface area contributed by atoms with Gasteiger partial charge in [-0.1, -0.05) is 6.07 Å². The number of cyclic esters (lactones) is 2. The van der Waals surface area contributed by atoms with Crippen LogP contribution in [0.3, 0.4) is 0 Å². The number of oxazole rings is 1. The van der Waals surface area contributed by atoms with E-state index in [2.05, 4.69) is 15.0 Å². The zero-order valence-electron chi connectivity index (χ0n) is 16.2. The van der Waals surface area contributed by atoms with Gasteiger partial charge < -0.3 is 28.7 Å². The Balaban J connectivity index is 1.31. The molecule has 1 atom stereocenters. The molecule has 3 aromatic rings. The number of hydrogen-bond donors (Lipinski definition) is 2. The highest BCUT2D eigenvalue weighted by Crippen LogP contribution is 2.29. The molecule has 2 N–H and O–H groups in total. The fourth-order valence-electron chi connectivity index (χ4n) is 3.15. The maximum absolute atomic E-state index is 11.4. The topological polar surface area (TPSA) is 124 Å². The lowest BCUT2D eigenvalue weighted by molar-refractivity contribution is -0.135. The van der Waals surface area contributed by atoms with Crippen molar-refractivity contribution in [3.63, 3.8) is 0 Å². The van der Waals surface area contributed by atoms with Gasteiger partial charge in [0.1, 0.15) is 24.1 Å². The van der Waals surface area contributed by atoms with Gasteiger partial charge in [-0.25, -0.2) is 14.6 Å². The minimum atomic E-state index is -0.706. The van der Waals surface area contributed by atoms with Gasteiger partial charge in [0.05, 0.1) is 6.26 Å². The van der Waals surface area contributed by atoms with Gasteiger partial charge in [0, 0.05) is 0 Å². The molecule has 30 heavy (non-hydrogen) atoms. The lowest BCUT2D eigenvalue weighted by atomic mass is 10.0. The van der Waals surface area contributed by atoms with Crippen molar-refractivity contribution in [2.45, 2.75) is 38.8 Å². The molecule has 9 heteroatoms. The van der Waals surface area contributed by atoms with Crippen molar-refractivity contribution in [2.75, 3.05) is 0 Å². The number of benzene rings is 1. The molecule has 1 saturated heterocycles. The van der Waals surface area contributed by atoms with Crippen molar-refractivity contribution in [3.05, 3.63) is 53.6 Å². The number of carbonyl (C=O) groups excluding carboxylic acids is 2. The summed E-state index contributed by atoms with van der Waals surface area (Å²) >= 11 is 0. The fourth-order valence-corrected chi connectivity index (χ4v) is 3.15. The Kier molecular flexibility index (Phi) is 5.42. The monoisotopic (exact) mass is 412 g/mol. The molecular weight excluding hydrogens is 392 g/mol. The van der Waals surface area contributed by atoms with Crippen LogP contribution in [0.4, 0.5) is 4.79 Å². The van der Waals surface area contributed by atoms with Crippen LogP contribution in [-0.2, 0) is 22.6 Å². The third-order valence-electron chi connectivity index (χ3n) is 4.74. The number of aryl methyl sites for hydroxylation is 2. The van der Waals surface area contributed by atoms with E-state index < -0.39 is 18.1 Å². The van der Waals surface area contributed by atoms with Crippen molar-refractivity contribution < 1.29 is 33.0 Å². The molecular formula is C21H20N2O7. The Morgan fingerprint density at radius 2 is 2.13 bits per heavy atom. The van der Waals surface area contributed by atoms with Crippen LogP contribution in [0, 0.1) is 6.92 Å². The highest BCUT2D eigenvalue weighted by atomic mass is 16.6. The number of aromatic nitrogens is 1. The summed E-state index contributed by atoms with van der Waals surface area (Å²) in [6.45, 7) is 1.91. The number of amides is 1. The number of esters is 1. The molecule has 1 unspecified atom stereocenters. The standard InChI is InChI=1S/C21H20N2O7/c1-12-15(22-19(29-12)18-6-3-9-27-18)11-28-17-8-7-13(10-16(17)24)4-2-5-14-20(25)30-21(26)23-14/h3,6-10,14,24H,2,4-5,11H2,1H3,(H,23,26). The summed E-state index contributed by atoms with van der Waals surface area (Å²) < 4.78 is 21.0. The fraction of sp³-hybridized carbons (Fsp3) is 0.286. The number of ether oxygens (including phenoxy) is 2. The Morgan fingerprint density at radius 1 is 1.27 bits per heavy atom. The third-order valence-corrected chi connectivity index (χ3v) is 4.74. The van der Waals surface area contributed by atoms with Crippen molar-refractivity contribution in [3.8, 4) is 23.1 Å². The number of rotatable bonds is 8. The van der Waals surface area contributed by atoms with Gasteiger partial charge in [-0.2, -0.15) is 0 Å². The Morgan fingerprint density at radius 3 is 2.83 bits per heavy atom. The summed E-state index contributed by atoms with van der Waals surface area (Å²) in [5, 5.41) is 12.7. The first-order valence-corrected chi connectivity index (χ1v) is 9.46. The minimum absolute atomic E-state index is 0.00786. The Bertz CT molecular complexity index is 1060. The van der Waals surface area contributed by atoms with Crippen LogP contribution in [-0.4, -0.2) is 28.2 Å². The van der Waals surface area contributed by atoms with Crippen LogP contribution in [0.5, 0.6) is 11.5 Å². The minimum Gasteiger partial charge on any atom is -0.504 e. The first kappa shape index (κ1) is 19.6. The lowest BCUT2D eigenvalue weighted by Gasteiger charge is -2.09. The van der Waals surface area contributed by atoms with Crippen LogP contribution >= 0.6 is 0 Å². The second kappa shape index (κ2) is 8.32. The van der Waals surface area contributed by atoms with Crippen LogP contribution in [0.15, 0.2) is 45.4 Å². The predicted molar refractivity (Wildman–Crippen MR) is 103 cm³/mol. The van der Waals surface area contributed by atoms with Crippen molar-refractivity contribution in [2.24, 2.45) is 0 Å². The van der Waals surface area contributed by atoms with Crippen LogP contribution in [0.2, 0.25) is 0 Å². The molecule has 0 bridgehead atoms. The summed E-state index contributed by atoms with van der Waals surface area (Å²) in [6, 6.07) is 8.03. The summed E-state index contributed by atoms with van der Waals surface area (Å²) in [4.78, 5) is 26.8. The van der Waals surface area contributed by atoms with E-state index in [0.717, 1.165) is 5.56 Å². The number of alkyl carbamates (subject to hydrolysis) is 1. The summed E-state index contributed by atoms with van der Waals surface area (Å²) in [5.74, 6) is 1.29. The van der Waals surface area contributed by atoms with E-state index in [0.29, 0.717) is 48.1 Å². The van der Waals surface area contributed by atoms with Crippen molar-refractivity contribution in [1.82, 2.24) is 10.3 Å². The number of carbonyl (C=O) groups is 2. The van der Waals surface area contributed by atoms with E-state index in [1.54, 1.807) is 37.5 Å². The predicted octanol–water partition coefficient (Wildman–Crippen LogP) is 3.49. The Hall–Kier alpha value is -3.75. The molecule has 3 heterocycles. The maximum Gasteiger partial charge on any atom is 0.415 e. The normalized spacial score (nSPS) is 15.8. The van der Waals surface area contributed by atoms with Gasteiger partial charge in [0.25, 0.3) is 5.89 Å². The molecule has 2 aromatic heterocycles. The molecule has 9 nitrogen and oxygen atoms in total. The lowest BCUT2D eigenvalue weighted by Crippen LogP contribution is -2.28. The molecule has 1 amide bonds. The SMILES string of the molecule is Cc1oc(-c2ccco2)nc1COc1ccc(CCCC2NC(=O)OC2=O)cc1O. The number of phenols is 1. The molecule has 1 aliphatic rings. The zero-order valence-corrected chi connectivity index (χ0v) is 16.2. The molecule has 1 aromatic carbocycles. The Labute approximate surface area is 171 Å². The van der Waals surface area contributed by atoms with E-state index in [1.165, 1.54) is 0 Å². The number of nitrogens with one attached hydrogen (secondary N) is 1. The van der Waals surface area contributed by atoms with Crippen LogP contribution in [0.1, 0.15) is 29.9 Å². The summed E-state index contributed by atoms with van der Waals surface area (Å²) in [6.07, 6.45) is 2.57. The van der Waals surface area contributed by atoms with Gasteiger partial charge in [0.15, 0.2) is 17.3 Å². The van der Waals surface area contributed by atoms with Crippen molar-refractivity contribution >= 4 is 12.1 Å².